The quantitative estimate of drug-likeness (QED) is 0.793. The number of ether oxygens (including phenoxy) is 1. The van der Waals surface area contributed by atoms with E-state index in [2.05, 4.69) is 6.07 Å². The molecule has 2 nitrogen and oxygen atoms in total. The van der Waals surface area contributed by atoms with Crippen molar-refractivity contribution in [1.29, 1.82) is 5.26 Å². The fraction of sp³-hybridized carbons (Fsp3) is 0.417. The molecule has 0 unspecified atom stereocenters. The summed E-state index contributed by atoms with van der Waals surface area (Å²) in [6.07, 6.45) is 1.33. The van der Waals surface area contributed by atoms with E-state index in [1.807, 2.05) is 0 Å². The largest absolute Gasteiger partial charge is 0.495 e. The Hall–Kier alpha value is -1.27. The lowest BCUT2D eigenvalue weighted by molar-refractivity contribution is 0.401. The Kier molecular flexibility index (Phi) is 2.55. The minimum atomic E-state index is -0.731. The summed E-state index contributed by atoms with van der Waals surface area (Å²) in [5.74, 6) is -0.0795. The third-order valence-electron chi connectivity index (χ3n) is 3.00. The van der Waals surface area contributed by atoms with E-state index < -0.39 is 5.41 Å². The lowest BCUT2D eigenvalue weighted by Gasteiger charge is -2.16. The Balaban J connectivity index is 2.72. The monoisotopic (exact) mass is 239 g/mol. The smallest absolute Gasteiger partial charge is 0.145 e. The third-order valence-corrected chi connectivity index (χ3v) is 3.28. The number of methoxy groups -OCH3 is 1. The maximum atomic E-state index is 14.1. The fourth-order valence-corrected chi connectivity index (χ4v) is 2.24. The van der Waals surface area contributed by atoms with E-state index in [0.29, 0.717) is 34.7 Å². The van der Waals surface area contributed by atoms with E-state index in [0.717, 1.165) is 0 Å². The highest BCUT2D eigenvalue weighted by molar-refractivity contribution is 6.32. The highest BCUT2D eigenvalue weighted by Gasteiger charge is 2.49. The lowest BCUT2D eigenvalue weighted by atomic mass is 9.94. The molecule has 1 aromatic carbocycles. The zero-order valence-corrected chi connectivity index (χ0v) is 9.86. The summed E-state index contributed by atoms with van der Waals surface area (Å²) < 4.78 is 19.2. The molecular weight excluding hydrogens is 229 g/mol. The molecule has 0 amide bonds. The number of benzene rings is 1. The lowest BCUT2D eigenvalue weighted by Crippen LogP contribution is -2.10. The maximum Gasteiger partial charge on any atom is 0.145 e. The molecule has 0 radical (unpaired) electrons. The van der Waals surface area contributed by atoms with Crippen molar-refractivity contribution < 1.29 is 9.13 Å². The Morgan fingerprint density at radius 2 is 2.19 bits per heavy atom. The number of rotatable bonds is 2. The second-order valence-electron chi connectivity index (χ2n) is 4.09. The number of halogens is 2. The van der Waals surface area contributed by atoms with E-state index in [1.165, 1.54) is 13.2 Å². The van der Waals surface area contributed by atoms with E-state index in [1.54, 1.807) is 6.92 Å². The summed E-state index contributed by atoms with van der Waals surface area (Å²) in [6, 6.07) is 3.68. The number of hydrogen-bond donors (Lipinski definition) is 0. The SMILES string of the molecule is COc1c(Cl)cc(C)c(F)c1C1(C#N)CC1. The van der Waals surface area contributed by atoms with Gasteiger partial charge in [0.25, 0.3) is 0 Å². The van der Waals surface area contributed by atoms with Crippen molar-refractivity contribution in [3.8, 4) is 11.8 Å². The predicted molar refractivity (Wildman–Crippen MR) is 59.2 cm³/mol. The van der Waals surface area contributed by atoms with Gasteiger partial charge in [-0.05, 0) is 31.4 Å². The normalized spacial score (nSPS) is 16.7. The first kappa shape index (κ1) is 11.2. The Morgan fingerprint density at radius 3 is 2.62 bits per heavy atom. The molecule has 0 saturated heterocycles. The summed E-state index contributed by atoms with van der Waals surface area (Å²) in [5.41, 5.74) is 0.0373. The van der Waals surface area contributed by atoms with Gasteiger partial charge in [0.1, 0.15) is 11.6 Å². The highest BCUT2D eigenvalue weighted by atomic mass is 35.5. The Morgan fingerprint density at radius 1 is 1.56 bits per heavy atom. The van der Waals surface area contributed by atoms with Gasteiger partial charge in [-0.25, -0.2) is 4.39 Å². The molecule has 0 bridgehead atoms. The molecule has 4 heteroatoms. The predicted octanol–water partition coefficient (Wildman–Crippen LogP) is 3.35. The summed E-state index contributed by atoms with van der Waals surface area (Å²) in [5, 5.41) is 9.48. The average molecular weight is 240 g/mol. The summed E-state index contributed by atoms with van der Waals surface area (Å²) in [7, 11) is 1.44. The zero-order valence-electron chi connectivity index (χ0n) is 9.10. The van der Waals surface area contributed by atoms with Gasteiger partial charge in [-0.1, -0.05) is 11.6 Å². The molecule has 1 aliphatic rings. The van der Waals surface area contributed by atoms with Crippen molar-refractivity contribution in [1.82, 2.24) is 0 Å². The van der Waals surface area contributed by atoms with Crippen LogP contribution in [0.25, 0.3) is 0 Å². The van der Waals surface area contributed by atoms with Crippen LogP contribution in [0.5, 0.6) is 5.75 Å². The van der Waals surface area contributed by atoms with Gasteiger partial charge in [-0.3, -0.25) is 0 Å². The van der Waals surface area contributed by atoms with E-state index >= 15 is 0 Å². The molecular formula is C12H11ClFNO. The molecule has 1 aromatic rings. The van der Waals surface area contributed by atoms with Gasteiger partial charge in [0.05, 0.1) is 29.2 Å². The number of nitriles is 1. The van der Waals surface area contributed by atoms with Gasteiger partial charge < -0.3 is 4.74 Å². The molecule has 0 aromatic heterocycles. The van der Waals surface area contributed by atoms with Crippen LogP contribution in [-0.4, -0.2) is 7.11 Å². The van der Waals surface area contributed by atoms with Gasteiger partial charge >= 0.3 is 0 Å². The van der Waals surface area contributed by atoms with Crippen LogP contribution in [0.15, 0.2) is 6.07 Å². The summed E-state index contributed by atoms with van der Waals surface area (Å²) in [4.78, 5) is 0. The first-order chi connectivity index (χ1) is 7.55. The van der Waals surface area contributed by atoms with Crippen LogP contribution in [0, 0.1) is 24.1 Å². The first-order valence-electron chi connectivity index (χ1n) is 5.00. The van der Waals surface area contributed by atoms with Crippen LogP contribution >= 0.6 is 11.6 Å². The Bertz CT molecular complexity index is 489. The van der Waals surface area contributed by atoms with E-state index in [4.69, 9.17) is 21.6 Å². The van der Waals surface area contributed by atoms with Gasteiger partial charge in [-0.15, -0.1) is 0 Å². The van der Waals surface area contributed by atoms with Gasteiger partial charge in [0, 0.05) is 0 Å². The molecule has 84 valence electrons. The minimum Gasteiger partial charge on any atom is -0.495 e. The number of aryl methyl sites for hydroxylation is 1. The van der Waals surface area contributed by atoms with Crippen LogP contribution in [-0.2, 0) is 5.41 Å². The molecule has 0 heterocycles. The second kappa shape index (κ2) is 3.64. The first-order valence-corrected chi connectivity index (χ1v) is 5.38. The zero-order chi connectivity index (χ0) is 11.9. The molecule has 0 aliphatic heterocycles. The molecule has 0 atom stereocenters. The number of hydrogen-bond acceptors (Lipinski definition) is 2. The van der Waals surface area contributed by atoms with Crippen molar-refractivity contribution in [3.63, 3.8) is 0 Å². The van der Waals surface area contributed by atoms with Crippen LogP contribution < -0.4 is 4.74 Å². The van der Waals surface area contributed by atoms with Gasteiger partial charge in [0.2, 0.25) is 0 Å². The summed E-state index contributed by atoms with van der Waals surface area (Å²) >= 11 is 6.00. The summed E-state index contributed by atoms with van der Waals surface area (Å²) in [6.45, 7) is 1.64. The third kappa shape index (κ3) is 1.45. The topological polar surface area (TPSA) is 33.0 Å². The molecule has 0 N–H and O–H groups in total. The van der Waals surface area contributed by atoms with E-state index in [-0.39, 0.29) is 5.82 Å². The van der Waals surface area contributed by atoms with Crippen LogP contribution in [0.4, 0.5) is 4.39 Å². The standard InChI is InChI=1S/C12H11ClFNO/c1-7-5-8(13)11(16-2)9(10(7)14)12(6-15)3-4-12/h5H,3-4H2,1-2H3. The van der Waals surface area contributed by atoms with Crippen LogP contribution in [0.1, 0.15) is 24.0 Å². The van der Waals surface area contributed by atoms with Crippen LogP contribution in [0.3, 0.4) is 0 Å². The molecule has 1 aliphatic carbocycles. The molecule has 1 fully saturated rings. The van der Waals surface area contributed by atoms with Gasteiger partial charge in [-0.2, -0.15) is 5.26 Å². The van der Waals surface area contributed by atoms with Crippen LogP contribution in [0.2, 0.25) is 5.02 Å². The van der Waals surface area contributed by atoms with Crippen molar-refractivity contribution in [2.45, 2.75) is 25.2 Å². The van der Waals surface area contributed by atoms with Crippen molar-refractivity contribution in [2.75, 3.05) is 7.11 Å². The van der Waals surface area contributed by atoms with Crippen molar-refractivity contribution in [3.05, 3.63) is 28.0 Å². The van der Waals surface area contributed by atoms with E-state index in [9.17, 15) is 4.39 Å². The molecule has 16 heavy (non-hydrogen) atoms. The molecule has 2 rings (SSSR count). The van der Waals surface area contributed by atoms with Crippen molar-refractivity contribution in [2.24, 2.45) is 0 Å². The van der Waals surface area contributed by atoms with Crippen molar-refractivity contribution >= 4 is 11.6 Å². The average Bonchev–Trinajstić information content (AvgIpc) is 3.03. The Labute approximate surface area is 98.6 Å². The molecule has 0 spiro atoms. The molecule has 1 saturated carbocycles. The number of nitrogens with zero attached hydrogens (tertiary/aromatic N) is 1. The van der Waals surface area contributed by atoms with Gasteiger partial charge in [0.15, 0.2) is 0 Å². The minimum absolute atomic E-state index is 0.295. The second-order valence-corrected chi connectivity index (χ2v) is 4.50. The fourth-order valence-electron chi connectivity index (χ4n) is 1.90. The highest BCUT2D eigenvalue weighted by Crippen LogP contribution is 2.53. The maximum absolute atomic E-state index is 14.1.